The largest absolute Gasteiger partial charge is 0.394 e. The lowest BCUT2D eigenvalue weighted by molar-refractivity contribution is -0.123. The fraction of sp³-hybridized carbons (Fsp3) is 0.886. The summed E-state index contributed by atoms with van der Waals surface area (Å²) in [7, 11) is 0. The van der Waals surface area contributed by atoms with E-state index in [4.69, 9.17) is 0 Å². The van der Waals surface area contributed by atoms with E-state index in [-0.39, 0.29) is 12.5 Å². The van der Waals surface area contributed by atoms with Crippen LogP contribution in [0.1, 0.15) is 232 Å². The van der Waals surface area contributed by atoms with Gasteiger partial charge in [-0.1, -0.05) is 212 Å². The summed E-state index contributed by atoms with van der Waals surface area (Å²) in [5.41, 5.74) is 0. The second-order valence-corrected chi connectivity index (χ2v) is 14.8. The van der Waals surface area contributed by atoms with Gasteiger partial charge in [-0.25, -0.2) is 0 Å². The predicted octanol–water partition coefficient (Wildman–Crippen LogP) is 13.2. The minimum atomic E-state index is -0.663. The van der Waals surface area contributed by atoms with Crippen molar-refractivity contribution in [3.05, 3.63) is 24.3 Å². The first-order valence-corrected chi connectivity index (χ1v) is 21.5. The summed E-state index contributed by atoms with van der Waals surface area (Å²) in [6.07, 6.45) is 51.1. The van der Waals surface area contributed by atoms with Crippen LogP contribution in [0, 0.1) is 0 Å². The topological polar surface area (TPSA) is 69.6 Å². The van der Waals surface area contributed by atoms with Gasteiger partial charge >= 0.3 is 0 Å². The number of hydrogen-bond donors (Lipinski definition) is 3. The Kier molecular flexibility index (Phi) is 39.4. The molecule has 0 saturated carbocycles. The summed E-state index contributed by atoms with van der Waals surface area (Å²) in [5.74, 6) is -0.0443. The van der Waals surface area contributed by atoms with Crippen LogP contribution in [0.2, 0.25) is 0 Å². The zero-order chi connectivity index (χ0) is 35.0. The minimum absolute atomic E-state index is 0.0443. The molecule has 0 aliphatic heterocycles. The van der Waals surface area contributed by atoms with Crippen LogP contribution >= 0.6 is 0 Å². The van der Waals surface area contributed by atoms with Gasteiger partial charge in [-0.15, -0.1) is 0 Å². The highest BCUT2D eigenvalue weighted by atomic mass is 16.3. The summed E-state index contributed by atoms with van der Waals surface area (Å²) in [4.78, 5) is 12.4. The Balaban J connectivity index is 3.50. The summed E-state index contributed by atoms with van der Waals surface area (Å²) in [6, 6.07) is -0.541. The molecule has 0 aromatic carbocycles. The van der Waals surface area contributed by atoms with Crippen molar-refractivity contribution in [3.63, 3.8) is 0 Å². The molecule has 0 heterocycles. The van der Waals surface area contributed by atoms with E-state index in [0.717, 1.165) is 44.9 Å². The standard InChI is InChI=1S/C44H85NO3/c1-3-5-7-9-11-13-15-17-19-20-21-22-23-24-25-26-27-29-31-33-35-37-39-43(47)42(41-46)45-44(48)40-38-36-34-32-30-28-18-16-14-12-10-8-6-4-2/h10,12,16,18,42-43,46-47H,3-9,11,13-15,17,19-41H2,1-2H3,(H,45,48)/b12-10-,18-16-. The third-order valence-electron chi connectivity index (χ3n) is 9.97. The summed E-state index contributed by atoms with van der Waals surface area (Å²) in [6.45, 7) is 4.32. The van der Waals surface area contributed by atoms with Crippen LogP contribution < -0.4 is 5.32 Å². The van der Waals surface area contributed by atoms with Gasteiger partial charge in [0.25, 0.3) is 0 Å². The lowest BCUT2D eigenvalue weighted by Crippen LogP contribution is -2.45. The van der Waals surface area contributed by atoms with Crippen LogP contribution in [0.15, 0.2) is 24.3 Å². The first kappa shape index (κ1) is 46.9. The Morgan fingerprint density at radius 3 is 1.31 bits per heavy atom. The zero-order valence-electron chi connectivity index (χ0n) is 32.5. The number of nitrogens with one attached hydrogen (secondary N) is 1. The van der Waals surface area contributed by atoms with Crippen LogP contribution in [0.3, 0.4) is 0 Å². The number of amides is 1. The van der Waals surface area contributed by atoms with E-state index in [2.05, 4.69) is 43.5 Å². The number of aliphatic hydroxyl groups excluding tert-OH is 2. The molecule has 0 spiro atoms. The average molecular weight is 676 g/mol. The van der Waals surface area contributed by atoms with Crippen molar-refractivity contribution < 1.29 is 15.0 Å². The Morgan fingerprint density at radius 2 is 0.875 bits per heavy atom. The Morgan fingerprint density at radius 1 is 0.500 bits per heavy atom. The predicted molar refractivity (Wildman–Crippen MR) is 212 cm³/mol. The van der Waals surface area contributed by atoms with E-state index in [1.165, 1.54) is 161 Å². The van der Waals surface area contributed by atoms with Crippen LogP contribution in [-0.4, -0.2) is 34.9 Å². The lowest BCUT2D eigenvalue weighted by atomic mass is 10.0. The molecular weight excluding hydrogens is 590 g/mol. The molecule has 4 heteroatoms. The van der Waals surface area contributed by atoms with Crippen molar-refractivity contribution in [2.75, 3.05) is 6.61 Å². The normalized spacial score (nSPS) is 13.2. The van der Waals surface area contributed by atoms with Gasteiger partial charge in [0, 0.05) is 6.42 Å². The molecule has 0 saturated heterocycles. The molecule has 0 radical (unpaired) electrons. The number of unbranched alkanes of at least 4 members (excludes halogenated alkanes) is 28. The van der Waals surface area contributed by atoms with Crippen molar-refractivity contribution in [2.45, 2.75) is 244 Å². The van der Waals surface area contributed by atoms with Gasteiger partial charge in [-0.05, 0) is 38.5 Å². The van der Waals surface area contributed by atoms with Gasteiger partial charge in [0.15, 0.2) is 0 Å². The Hall–Kier alpha value is -1.13. The highest BCUT2D eigenvalue weighted by Crippen LogP contribution is 2.16. The zero-order valence-corrected chi connectivity index (χ0v) is 32.5. The van der Waals surface area contributed by atoms with Gasteiger partial charge in [0.05, 0.1) is 18.8 Å². The third kappa shape index (κ3) is 36.2. The molecule has 0 rings (SSSR count). The molecule has 0 aliphatic carbocycles. The minimum Gasteiger partial charge on any atom is -0.394 e. The second-order valence-electron chi connectivity index (χ2n) is 14.8. The maximum Gasteiger partial charge on any atom is 0.220 e. The number of hydrogen-bond acceptors (Lipinski definition) is 3. The first-order valence-electron chi connectivity index (χ1n) is 21.5. The SMILES string of the molecule is CCCC/C=C\C/C=C\CCCCCCCC(=O)NC(CO)C(O)CCCCCCCCCCCCCCCCCCCCCCCC. The van der Waals surface area contributed by atoms with Gasteiger partial charge in [0.1, 0.15) is 0 Å². The van der Waals surface area contributed by atoms with E-state index >= 15 is 0 Å². The molecule has 2 atom stereocenters. The Labute approximate surface area is 300 Å². The Bertz CT molecular complexity index is 691. The van der Waals surface area contributed by atoms with Gasteiger partial charge in [0.2, 0.25) is 5.91 Å². The van der Waals surface area contributed by atoms with Crippen LogP contribution in [0.25, 0.3) is 0 Å². The first-order chi connectivity index (χ1) is 23.7. The van der Waals surface area contributed by atoms with Crippen LogP contribution in [0.5, 0.6) is 0 Å². The van der Waals surface area contributed by atoms with Crippen LogP contribution in [-0.2, 0) is 4.79 Å². The third-order valence-corrected chi connectivity index (χ3v) is 9.97. The summed E-state index contributed by atoms with van der Waals surface area (Å²) in [5, 5.41) is 23.1. The maximum atomic E-state index is 12.4. The lowest BCUT2D eigenvalue weighted by Gasteiger charge is -2.22. The molecular formula is C44H85NO3. The fourth-order valence-electron chi connectivity index (χ4n) is 6.61. The molecule has 48 heavy (non-hydrogen) atoms. The molecule has 4 nitrogen and oxygen atoms in total. The quantitative estimate of drug-likeness (QED) is 0.0448. The molecule has 0 fully saturated rings. The van der Waals surface area contributed by atoms with E-state index in [1.807, 2.05) is 0 Å². The maximum absolute atomic E-state index is 12.4. The van der Waals surface area contributed by atoms with Crippen LogP contribution in [0.4, 0.5) is 0 Å². The number of carbonyl (C=O) groups excluding carboxylic acids is 1. The van der Waals surface area contributed by atoms with E-state index in [0.29, 0.717) is 12.8 Å². The van der Waals surface area contributed by atoms with E-state index in [9.17, 15) is 15.0 Å². The van der Waals surface area contributed by atoms with E-state index in [1.54, 1.807) is 0 Å². The average Bonchev–Trinajstić information content (AvgIpc) is 3.09. The van der Waals surface area contributed by atoms with Crippen molar-refractivity contribution in [1.82, 2.24) is 5.32 Å². The molecule has 284 valence electrons. The van der Waals surface area contributed by atoms with Gasteiger partial charge in [-0.2, -0.15) is 0 Å². The number of rotatable bonds is 39. The van der Waals surface area contributed by atoms with Gasteiger partial charge < -0.3 is 15.5 Å². The van der Waals surface area contributed by atoms with Crippen molar-refractivity contribution in [3.8, 4) is 0 Å². The number of allylic oxidation sites excluding steroid dienone is 4. The molecule has 3 N–H and O–H groups in total. The number of carbonyl (C=O) groups is 1. The second kappa shape index (κ2) is 40.3. The van der Waals surface area contributed by atoms with Crippen molar-refractivity contribution in [2.24, 2.45) is 0 Å². The molecule has 0 aromatic heterocycles. The van der Waals surface area contributed by atoms with E-state index < -0.39 is 12.1 Å². The molecule has 1 amide bonds. The molecule has 2 unspecified atom stereocenters. The summed E-state index contributed by atoms with van der Waals surface area (Å²) >= 11 is 0. The number of aliphatic hydroxyl groups is 2. The highest BCUT2D eigenvalue weighted by molar-refractivity contribution is 5.76. The fourth-order valence-corrected chi connectivity index (χ4v) is 6.61. The smallest absolute Gasteiger partial charge is 0.220 e. The molecule has 0 aromatic rings. The monoisotopic (exact) mass is 676 g/mol. The summed E-state index contributed by atoms with van der Waals surface area (Å²) < 4.78 is 0. The van der Waals surface area contributed by atoms with Crippen molar-refractivity contribution >= 4 is 5.91 Å². The highest BCUT2D eigenvalue weighted by Gasteiger charge is 2.19. The van der Waals surface area contributed by atoms with Gasteiger partial charge in [-0.3, -0.25) is 4.79 Å². The van der Waals surface area contributed by atoms with Crippen molar-refractivity contribution in [1.29, 1.82) is 0 Å². The molecule has 0 aliphatic rings. The molecule has 0 bridgehead atoms.